The molecule has 0 radical (unpaired) electrons. The largest absolute Gasteiger partial charge is 0.474 e. The van der Waals surface area contributed by atoms with Gasteiger partial charge in [0, 0.05) is 23.8 Å². The normalized spacial score (nSPS) is 16.6. The second-order valence-corrected chi connectivity index (χ2v) is 7.64. The molecular formula is C19H17Cl2N7O. The van der Waals surface area contributed by atoms with E-state index in [4.69, 9.17) is 27.9 Å². The lowest BCUT2D eigenvalue weighted by Crippen LogP contribution is -2.35. The predicted octanol–water partition coefficient (Wildman–Crippen LogP) is 3.89. The zero-order valence-electron chi connectivity index (χ0n) is 15.3. The van der Waals surface area contributed by atoms with Gasteiger partial charge >= 0.3 is 0 Å². The second kappa shape index (κ2) is 7.53. The third-order valence-corrected chi connectivity index (χ3v) is 5.53. The Balaban J connectivity index is 1.31. The third kappa shape index (κ3) is 3.49. The molecular weight excluding hydrogens is 413 g/mol. The van der Waals surface area contributed by atoms with Gasteiger partial charge in [0.05, 0.1) is 23.1 Å². The first-order valence-corrected chi connectivity index (χ1v) is 9.99. The van der Waals surface area contributed by atoms with Gasteiger partial charge in [-0.25, -0.2) is 19.6 Å². The molecule has 1 fully saturated rings. The number of nitrogens with one attached hydrogen (secondary N) is 1. The number of nitrogens with zero attached hydrogens (tertiary/aromatic N) is 6. The minimum absolute atomic E-state index is 0.195. The Kier molecular flexibility index (Phi) is 4.73. The number of rotatable bonds is 5. The van der Waals surface area contributed by atoms with E-state index in [2.05, 4.69) is 29.9 Å². The van der Waals surface area contributed by atoms with Crippen molar-refractivity contribution in [1.29, 1.82) is 0 Å². The smallest absolute Gasteiger partial charge is 0.233 e. The van der Waals surface area contributed by atoms with Crippen molar-refractivity contribution in [2.45, 2.75) is 18.9 Å². The Labute approximate surface area is 176 Å². The van der Waals surface area contributed by atoms with Crippen LogP contribution in [0.2, 0.25) is 10.0 Å². The van der Waals surface area contributed by atoms with Gasteiger partial charge in [-0.3, -0.25) is 0 Å². The number of fused-ring (bicyclic) bond motifs is 1. The maximum atomic E-state index is 6.27. The van der Waals surface area contributed by atoms with Gasteiger partial charge in [0.25, 0.3) is 0 Å². The predicted molar refractivity (Wildman–Crippen MR) is 111 cm³/mol. The molecule has 4 aromatic rings. The minimum Gasteiger partial charge on any atom is -0.474 e. The van der Waals surface area contributed by atoms with Crippen LogP contribution < -0.4 is 9.64 Å². The van der Waals surface area contributed by atoms with E-state index in [-0.39, 0.29) is 6.04 Å². The number of imidazole rings is 1. The lowest BCUT2D eigenvalue weighted by molar-refractivity contribution is 0.276. The highest BCUT2D eigenvalue weighted by atomic mass is 35.5. The van der Waals surface area contributed by atoms with Crippen molar-refractivity contribution in [3.05, 3.63) is 53.2 Å². The van der Waals surface area contributed by atoms with Gasteiger partial charge in [0.15, 0.2) is 11.5 Å². The first-order valence-electron chi connectivity index (χ1n) is 9.23. The van der Waals surface area contributed by atoms with Crippen LogP contribution in [0.1, 0.15) is 12.8 Å². The molecule has 1 N–H and O–H groups in total. The van der Waals surface area contributed by atoms with Crippen molar-refractivity contribution in [2.24, 2.45) is 0 Å². The molecule has 10 heteroatoms. The number of aromatic nitrogens is 6. The number of benzene rings is 1. The summed E-state index contributed by atoms with van der Waals surface area (Å²) >= 11 is 12.2. The van der Waals surface area contributed by atoms with E-state index in [1.165, 1.54) is 0 Å². The van der Waals surface area contributed by atoms with Crippen molar-refractivity contribution >= 4 is 40.2 Å². The molecule has 29 heavy (non-hydrogen) atoms. The lowest BCUT2D eigenvalue weighted by Gasteiger charge is -2.25. The molecule has 1 aromatic carbocycles. The molecule has 1 aliphatic rings. The fraction of sp³-hybridized carbons (Fsp3) is 0.263. The van der Waals surface area contributed by atoms with E-state index in [1.807, 2.05) is 18.3 Å². The van der Waals surface area contributed by atoms with Crippen LogP contribution in [0.5, 0.6) is 5.88 Å². The van der Waals surface area contributed by atoms with Crippen LogP contribution >= 0.6 is 23.2 Å². The zero-order chi connectivity index (χ0) is 19.8. The number of hydrogen-bond acceptors (Lipinski definition) is 6. The van der Waals surface area contributed by atoms with E-state index >= 15 is 0 Å². The van der Waals surface area contributed by atoms with Crippen LogP contribution in [0.25, 0.3) is 16.9 Å². The van der Waals surface area contributed by atoms with Crippen LogP contribution in [0.4, 0.5) is 5.82 Å². The van der Waals surface area contributed by atoms with Crippen molar-refractivity contribution in [3.8, 4) is 11.6 Å². The van der Waals surface area contributed by atoms with Crippen molar-refractivity contribution in [2.75, 3.05) is 18.1 Å². The van der Waals surface area contributed by atoms with E-state index in [1.54, 1.807) is 29.5 Å². The van der Waals surface area contributed by atoms with E-state index in [9.17, 15) is 0 Å². The van der Waals surface area contributed by atoms with Crippen LogP contribution in [-0.2, 0) is 0 Å². The molecule has 148 valence electrons. The Hall–Kier alpha value is -2.84. The number of hydrogen-bond donors (Lipinski definition) is 1. The molecule has 0 bridgehead atoms. The highest BCUT2D eigenvalue weighted by molar-refractivity contribution is 6.35. The maximum absolute atomic E-state index is 6.27. The highest BCUT2D eigenvalue weighted by Crippen LogP contribution is 2.29. The molecule has 0 saturated carbocycles. The minimum atomic E-state index is 0.195. The summed E-state index contributed by atoms with van der Waals surface area (Å²) in [5.41, 5.74) is 2.26. The average molecular weight is 430 g/mol. The van der Waals surface area contributed by atoms with E-state index in [0.717, 1.165) is 36.4 Å². The highest BCUT2D eigenvalue weighted by Gasteiger charge is 2.28. The molecule has 0 amide bonds. The summed E-state index contributed by atoms with van der Waals surface area (Å²) < 4.78 is 7.67. The van der Waals surface area contributed by atoms with Crippen LogP contribution in [0.3, 0.4) is 0 Å². The van der Waals surface area contributed by atoms with Crippen LogP contribution in [-0.4, -0.2) is 48.9 Å². The second-order valence-electron chi connectivity index (χ2n) is 6.79. The average Bonchev–Trinajstić information content (AvgIpc) is 3.46. The molecule has 8 nitrogen and oxygen atoms in total. The quantitative estimate of drug-likeness (QED) is 0.517. The van der Waals surface area contributed by atoms with Crippen LogP contribution in [0.15, 0.2) is 43.1 Å². The van der Waals surface area contributed by atoms with Gasteiger partial charge < -0.3 is 14.6 Å². The van der Waals surface area contributed by atoms with Gasteiger partial charge in [0.1, 0.15) is 18.5 Å². The third-order valence-electron chi connectivity index (χ3n) is 5.00. The molecule has 1 atom stereocenters. The first-order chi connectivity index (χ1) is 14.2. The number of anilines is 1. The Bertz CT molecular complexity index is 1160. The summed E-state index contributed by atoms with van der Waals surface area (Å²) in [5.74, 6) is 1.40. The summed E-state index contributed by atoms with van der Waals surface area (Å²) in [6.45, 7) is 1.42. The van der Waals surface area contributed by atoms with Crippen molar-refractivity contribution < 1.29 is 4.74 Å². The Morgan fingerprint density at radius 2 is 2.10 bits per heavy atom. The summed E-state index contributed by atoms with van der Waals surface area (Å²) in [4.78, 5) is 18.3. The summed E-state index contributed by atoms with van der Waals surface area (Å²) in [6, 6.07) is 7.31. The lowest BCUT2D eigenvalue weighted by atomic mass is 10.2. The molecule has 0 aliphatic carbocycles. The van der Waals surface area contributed by atoms with Gasteiger partial charge in [-0.15, -0.1) is 5.10 Å². The summed E-state index contributed by atoms with van der Waals surface area (Å²) in [6.07, 6.45) is 7.09. The number of halogens is 2. The molecule has 0 spiro atoms. The van der Waals surface area contributed by atoms with E-state index < -0.39 is 0 Å². The van der Waals surface area contributed by atoms with Gasteiger partial charge in [-0.1, -0.05) is 23.2 Å². The number of H-pyrrole nitrogens is 1. The molecule has 5 rings (SSSR count). The fourth-order valence-electron chi connectivity index (χ4n) is 3.62. The Morgan fingerprint density at radius 3 is 3.00 bits per heavy atom. The molecule has 1 aliphatic heterocycles. The van der Waals surface area contributed by atoms with Gasteiger partial charge in [-0.05, 0) is 31.0 Å². The SMILES string of the molecule is Clc1ccc(-n2ccc(OC[C@H]3CCCN3c3ncnc4nc[nH]c34)n2)c(Cl)c1. The maximum Gasteiger partial charge on any atom is 0.233 e. The number of aromatic amines is 1. The van der Waals surface area contributed by atoms with Crippen molar-refractivity contribution in [3.63, 3.8) is 0 Å². The Morgan fingerprint density at radius 1 is 1.17 bits per heavy atom. The van der Waals surface area contributed by atoms with Gasteiger partial charge in [0.2, 0.25) is 5.88 Å². The first kappa shape index (κ1) is 18.2. The van der Waals surface area contributed by atoms with Crippen LogP contribution in [0, 0.1) is 0 Å². The summed E-state index contributed by atoms with van der Waals surface area (Å²) in [7, 11) is 0. The van der Waals surface area contributed by atoms with Crippen molar-refractivity contribution in [1.82, 2.24) is 29.7 Å². The standard InChI is InChI=1S/C19H17Cl2N7O/c20-12-3-4-15(14(21)8-12)28-7-5-16(26-28)29-9-13-2-1-6-27(13)19-17-18(23-10-22-17)24-11-25-19/h3-5,7-8,10-11,13H,1-2,6,9H2,(H,22,23,24,25)/t13-/m1/s1. The number of ether oxygens (including phenoxy) is 1. The molecule has 1 saturated heterocycles. The topological polar surface area (TPSA) is 84.8 Å². The summed E-state index contributed by atoms with van der Waals surface area (Å²) in [5, 5.41) is 5.59. The van der Waals surface area contributed by atoms with E-state index in [0.29, 0.717) is 28.2 Å². The molecule has 3 aromatic heterocycles. The monoisotopic (exact) mass is 429 g/mol. The zero-order valence-corrected chi connectivity index (χ0v) is 16.8. The fourth-order valence-corrected chi connectivity index (χ4v) is 4.12. The van der Waals surface area contributed by atoms with Gasteiger partial charge in [-0.2, -0.15) is 0 Å². The molecule has 4 heterocycles. The molecule has 0 unspecified atom stereocenters.